The summed E-state index contributed by atoms with van der Waals surface area (Å²) in [5.41, 5.74) is 0.221. The van der Waals surface area contributed by atoms with Crippen molar-refractivity contribution in [3.05, 3.63) is 48.3 Å². The summed E-state index contributed by atoms with van der Waals surface area (Å²) in [6.45, 7) is 1.69. The Morgan fingerprint density at radius 3 is 2.28 bits per heavy atom. The molecule has 9 nitrogen and oxygen atoms in total. The molecule has 0 atom stereocenters. The number of likely N-dealkylation sites (tertiary alicyclic amines) is 1. The maximum atomic E-state index is 12.9. The summed E-state index contributed by atoms with van der Waals surface area (Å²) in [5, 5.41) is 0. The average molecular weight is 499 g/mol. The minimum absolute atomic E-state index is 0.0956. The van der Waals surface area contributed by atoms with Gasteiger partial charge in [-0.2, -0.15) is 16.1 Å². The number of sulfonamides is 2. The molecule has 0 saturated carbocycles. The van der Waals surface area contributed by atoms with E-state index in [2.05, 4.69) is 9.71 Å². The maximum absolute atomic E-state index is 12.9. The van der Waals surface area contributed by atoms with Gasteiger partial charge in [-0.15, -0.1) is 0 Å². The topological polar surface area (TPSA) is 120 Å². The SMILES string of the molecule is O=C(c1cc(S(=O)(=O)N2CCSCC2)c[nH]1)N1CCC(NS(=O)(=O)c2ccccc2)CC1. The molecular weight excluding hydrogens is 472 g/mol. The first-order valence-corrected chi connectivity index (χ1v) is 14.5. The lowest BCUT2D eigenvalue weighted by molar-refractivity contribution is 0.0706. The molecule has 2 aromatic rings. The van der Waals surface area contributed by atoms with E-state index in [1.165, 1.54) is 16.6 Å². The van der Waals surface area contributed by atoms with Crippen LogP contribution in [0.4, 0.5) is 0 Å². The molecule has 2 N–H and O–H groups in total. The zero-order chi connectivity index (χ0) is 22.8. The van der Waals surface area contributed by atoms with Gasteiger partial charge in [0.2, 0.25) is 20.0 Å². The van der Waals surface area contributed by atoms with E-state index in [9.17, 15) is 21.6 Å². The number of amides is 1. The van der Waals surface area contributed by atoms with Gasteiger partial charge in [0.15, 0.2) is 0 Å². The van der Waals surface area contributed by atoms with Gasteiger partial charge < -0.3 is 9.88 Å². The van der Waals surface area contributed by atoms with Crippen LogP contribution >= 0.6 is 11.8 Å². The Labute approximate surface area is 192 Å². The summed E-state index contributed by atoms with van der Waals surface area (Å²) in [7, 11) is -7.23. The number of aromatic amines is 1. The van der Waals surface area contributed by atoms with Crippen LogP contribution < -0.4 is 4.72 Å². The molecule has 174 valence electrons. The van der Waals surface area contributed by atoms with Gasteiger partial charge in [0.1, 0.15) is 10.6 Å². The molecule has 1 amide bonds. The number of nitrogens with zero attached hydrogens (tertiary/aromatic N) is 2. The van der Waals surface area contributed by atoms with Crippen molar-refractivity contribution in [2.75, 3.05) is 37.7 Å². The van der Waals surface area contributed by atoms with Gasteiger partial charge in [0.25, 0.3) is 5.91 Å². The third-order valence-corrected chi connectivity index (χ3v) is 10.0. The van der Waals surface area contributed by atoms with Gasteiger partial charge in [0.05, 0.1) is 4.90 Å². The molecule has 0 aliphatic carbocycles. The number of piperidine rings is 1. The number of H-pyrrole nitrogens is 1. The third-order valence-electron chi connectivity index (χ3n) is 5.65. The predicted molar refractivity (Wildman–Crippen MR) is 123 cm³/mol. The Morgan fingerprint density at radius 2 is 1.62 bits per heavy atom. The van der Waals surface area contributed by atoms with Crippen molar-refractivity contribution >= 4 is 37.7 Å². The highest BCUT2D eigenvalue weighted by atomic mass is 32.2. The number of benzene rings is 1. The quantitative estimate of drug-likeness (QED) is 0.620. The van der Waals surface area contributed by atoms with Crippen LogP contribution in [0.3, 0.4) is 0 Å². The van der Waals surface area contributed by atoms with Gasteiger partial charge in [-0.25, -0.2) is 21.6 Å². The van der Waals surface area contributed by atoms with Gasteiger partial charge in [-0.05, 0) is 31.0 Å². The standard InChI is InChI=1S/C20H26N4O5S3/c25-20(19-14-18(15-21-19)32(28,29)24-10-12-30-13-11-24)23-8-6-16(7-9-23)22-31(26,27)17-4-2-1-3-5-17/h1-5,14-16,21-22H,6-13H2. The van der Waals surface area contributed by atoms with Crippen molar-refractivity contribution in [2.45, 2.75) is 28.7 Å². The number of aromatic nitrogens is 1. The van der Waals surface area contributed by atoms with E-state index in [-0.39, 0.29) is 27.4 Å². The van der Waals surface area contributed by atoms with Crippen LogP contribution in [-0.2, 0) is 20.0 Å². The van der Waals surface area contributed by atoms with Crippen molar-refractivity contribution in [3.63, 3.8) is 0 Å². The Morgan fingerprint density at radius 1 is 0.969 bits per heavy atom. The molecule has 2 aliphatic heterocycles. The second-order valence-corrected chi connectivity index (χ2v) is 12.6. The first-order valence-electron chi connectivity index (χ1n) is 10.4. The summed E-state index contributed by atoms with van der Waals surface area (Å²) in [4.78, 5) is 17.6. The Balaban J connectivity index is 1.36. The first kappa shape index (κ1) is 23.3. The molecule has 0 unspecified atom stereocenters. The number of hydrogen-bond donors (Lipinski definition) is 2. The lowest BCUT2D eigenvalue weighted by Crippen LogP contribution is -2.46. The number of rotatable bonds is 6. The molecule has 2 aliphatic rings. The largest absolute Gasteiger partial charge is 0.356 e. The normalized spacial score (nSPS) is 19.2. The molecule has 1 aromatic heterocycles. The highest BCUT2D eigenvalue weighted by Crippen LogP contribution is 2.22. The van der Waals surface area contributed by atoms with Crippen LogP contribution in [0.25, 0.3) is 0 Å². The second kappa shape index (κ2) is 9.56. The Bertz CT molecular complexity index is 1150. The van der Waals surface area contributed by atoms with Crippen LogP contribution in [0.15, 0.2) is 52.4 Å². The van der Waals surface area contributed by atoms with Crippen molar-refractivity contribution in [2.24, 2.45) is 0 Å². The molecule has 0 spiro atoms. The van der Waals surface area contributed by atoms with Crippen molar-refractivity contribution < 1.29 is 21.6 Å². The molecule has 32 heavy (non-hydrogen) atoms. The fourth-order valence-electron chi connectivity index (χ4n) is 3.84. The van der Waals surface area contributed by atoms with Gasteiger partial charge in [0, 0.05) is 49.9 Å². The minimum Gasteiger partial charge on any atom is -0.356 e. The van der Waals surface area contributed by atoms with Crippen LogP contribution in [0.1, 0.15) is 23.3 Å². The van der Waals surface area contributed by atoms with E-state index in [1.54, 1.807) is 47.0 Å². The van der Waals surface area contributed by atoms with Crippen molar-refractivity contribution in [1.29, 1.82) is 0 Å². The van der Waals surface area contributed by atoms with E-state index in [0.29, 0.717) is 39.0 Å². The fraction of sp³-hybridized carbons (Fsp3) is 0.450. The van der Waals surface area contributed by atoms with Crippen LogP contribution in [-0.4, -0.2) is 80.7 Å². The molecule has 1 aromatic carbocycles. The molecule has 2 saturated heterocycles. The summed E-state index contributed by atoms with van der Waals surface area (Å²) in [6, 6.07) is 9.31. The molecule has 0 radical (unpaired) electrons. The molecular formula is C20H26N4O5S3. The number of nitrogens with one attached hydrogen (secondary N) is 2. The lowest BCUT2D eigenvalue weighted by atomic mass is 10.1. The zero-order valence-corrected chi connectivity index (χ0v) is 19.9. The van der Waals surface area contributed by atoms with Gasteiger partial charge in [-0.3, -0.25) is 4.79 Å². The number of carbonyl (C=O) groups excluding carboxylic acids is 1. The summed E-state index contributed by atoms with van der Waals surface area (Å²) >= 11 is 1.72. The fourth-order valence-corrected chi connectivity index (χ4v) is 7.74. The number of hydrogen-bond acceptors (Lipinski definition) is 6. The van der Waals surface area contributed by atoms with Crippen LogP contribution in [0.5, 0.6) is 0 Å². The highest BCUT2D eigenvalue weighted by Gasteiger charge is 2.30. The molecule has 0 bridgehead atoms. The molecule has 4 rings (SSSR count). The van der Waals surface area contributed by atoms with E-state index in [0.717, 1.165) is 11.5 Å². The van der Waals surface area contributed by atoms with Crippen LogP contribution in [0.2, 0.25) is 0 Å². The van der Waals surface area contributed by atoms with Crippen molar-refractivity contribution in [1.82, 2.24) is 18.9 Å². The summed E-state index contributed by atoms with van der Waals surface area (Å²) in [6.07, 6.45) is 2.33. The summed E-state index contributed by atoms with van der Waals surface area (Å²) in [5.74, 6) is 1.24. The second-order valence-electron chi connectivity index (χ2n) is 7.77. The summed E-state index contributed by atoms with van der Waals surface area (Å²) < 4.78 is 54.8. The van der Waals surface area contributed by atoms with Gasteiger partial charge in [-0.1, -0.05) is 18.2 Å². The Kier molecular flexibility index (Phi) is 6.96. The van der Waals surface area contributed by atoms with Crippen molar-refractivity contribution in [3.8, 4) is 0 Å². The van der Waals surface area contributed by atoms with E-state index >= 15 is 0 Å². The molecule has 12 heteroatoms. The zero-order valence-electron chi connectivity index (χ0n) is 17.4. The van der Waals surface area contributed by atoms with Crippen LogP contribution in [0, 0.1) is 0 Å². The van der Waals surface area contributed by atoms with E-state index in [4.69, 9.17) is 0 Å². The predicted octanol–water partition coefficient (Wildman–Crippen LogP) is 1.34. The smallest absolute Gasteiger partial charge is 0.270 e. The molecule has 2 fully saturated rings. The average Bonchev–Trinajstić information content (AvgIpc) is 3.31. The third kappa shape index (κ3) is 5.04. The highest BCUT2D eigenvalue weighted by molar-refractivity contribution is 7.99. The minimum atomic E-state index is -3.62. The maximum Gasteiger partial charge on any atom is 0.270 e. The van der Waals surface area contributed by atoms with E-state index < -0.39 is 20.0 Å². The first-order chi connectivity index (χ1) is 15.3. The number of carbonyl (C=O) groups is 1. The van der Waals surface area contributed by atoms with Gasteiger partial charge >= 0.3 is 0 Å². The molecule has 3 heterocycles. The lowest BCUT2D eigenvalue weighted by Gasteiger charge is -2.32. The monoisotopic (exact) mass is 498 g/mol. The van der Waals surface area contributed by atoms with E-state index in [1.807, 2.05) is 0 Å². The Hall–Kier alpha value is -1.86. The number of thioether (sulfide) groups is 1.